The van der Waals surface area contributed by atoms with E-state index in [1.165, 1.54) is 29.1 Å². The molecule has 0 atom stereocenters. The summed E-state index contributed by atoms with van der Waals surface area (Å²) in [7, 11) is -1.37. The lowest BCUT2D eigenvalue weighted by Gasteiger charge is -2.24. The van der Waals surface area contributed by atoms with Crippen molar-refractivity contribution < 1.29 is 9.21 Å². The van der Waals surface area contributed by atoms with E-state index < -0.39 is 8.07 Å². The highest BCUT2D eigenvalue weighted by Crippen LogP contribution is 2.21. The lowest BCUT2D eigenvalue weighted by molar-refractivity contribution is -0.107. The Kier molecular flexibility index (Phi) is 4.99. The Hall–Kier alpha value is -0.833. The molecule has 0 bridgehead atoms. The van der Waals surface area contributed by atoms with E-state index in [1.54, 1.807) is 0 Å². The van der Waals surface area contributed by atoms with Gasteiger partial charge in [-0.25, -0.2) is 0 Å². The number of carbonyl (C=O) groups excluding carboxylic acids is 1. The Balaban J connectivity index is 2.85. The second kappa shape index (κ2) is 6.04. The molecule has 0 aliphatic heterocycles. The molecule has 1 rings (SSSR count). The van der Waals surface area contributed by atoms with Gasteiger partial charge in [0.15, 0.2) is 0 Å². The van der Waals surface area contributed by atoms with Crippen LogP contribution in [0.15, 0.2) is 16.7 Å². The van der Waals surface area contributed by atoms with Crippen molar-refractivity contribution in [3.05, 3.63) is 17.9 Å². The van der Waals surface area contributed by atoms with Gasteiger partial charge in [0, 0.05) is 6.42 Å². The quantitative estimate of drug-likeness (QED) is 0.539. The predicted molar refractivity (Wildman–Crippen MR) is 69.9 cm³/mol. The first-order chi connectivity index (χ1) is 7.72. The second-order valence-corrected chi connectivity index (χ2v) is 9.54. The van der Waals surface area contributed by atoms with Crippen molar-refractivity contribution in [1.82, 2.24) is 0 Å². The van der Waals surface area contributed by atoms with E-state index in [9.17, 15) is 4.79 Å². The van der Waals surface area contributed by atoms with Gasteiger partial charge in [0.05, 0.1) is 11.6 Å². The second-order valence-electron chi connectivity index (χ2n) is 4.37. The molecule has 0 saturated carbocycles. The fourth-order valence-corrected chi connectivity index (χ4v) is 5.63. The summed E-state index contributed by atoms with van der Waals surface area (Å²) in [5.74, 6) is 0. The first-order valence-corrected chi connectivity index (χ1v) is 8.86. The van der Waals surface area contributed by atoms with Gasteiger partial charge in [0.2, 0.25) is 0 Å². The van der Waals surface area contributed by atoms with Crippen LogP contribution < -0.4 is 5.38 Å². The number of rotatable bonds is 7. The molecule has 16 heavy (non-hydrogen) atoms. The minimum Gasteiger partial charge on any atom is -0.474 e. The third-order valence-electron chi connectivity index (χ3n) is 3.76. The van der Waals surface area contributed by atoms with Crippen molar-refractivity contribution in [3.63, 3.8) is 0 Å². The van der Waals surface area contributed by atoms with Crippen LogP contribution in [0.5, 0.6) is 0 Å². The average molecular weight is 238 g/mol. The first-order valence-electron chi connectivity index (χ1n) is 6.24. The van der Waals surface area contributed by atoms with Crippen molar-refractivity contribution >= 4 is 19.7 Å². The van der Waals surface area contributed by atoms with Crippen LogP contribution >= 0.6 is 0 Å². The fourth-order valence-electron chi connectivity index (χ4n) is 2.28. The highest BCUT2D eigenvalue weighted by Gasteiger charge is 2.32. The number of hydrogen-bond donors (Lipinski definition) is 0. The normalized spacial score (nSPS) is 11.7. The standard InChI is InChI=1S/C13H22O2Si/c1-4-16(5-2,6-3)13-10-12(11-15-13)8-7-9-14/h9-11H,4-8H2,1-3H3. The summed E-state index contributed by atoms with van der Waals surface area (Å²) < 4.78 is 5.75. The third kappa shape index (κ3) is 2.64. The molecule has 0 fully saturated rings. The van der Waals surface area contributed by atoms with E-state index in [4.69, 9.17) is 4.42 Å². The van der Waals surface area contributed by atoms with Crippen molar-refractivity contribution in [1.29, 1.82) is 0 Å². The lowest BCUT2D eigenvalue weighted by atomic mass is 10.2. The molecule has 3 heteroatoms. The molecule has 90 valence electrons. The number of carbonyl (C=O) groups is 1. The van der Waals surface area contributed by atoms with E-state index >= 15 is 0 Å². The summed E-state index contributed by atoms with van der Waals surface area (Å²) >= 11 is 0. The molecule has 0 aliphatic carbocycles. The van der Waals surface area contributed by atoms with Crippen molar-refractivity contribution in [2.45, 2.75) is 51.7 Å². The SMILES string of the molecule is CC[Si](CC)(CC)c1cc(CCC=O)co1. The lowest BCUT2D eigenvalue weighted by Crippen LogP contribution is -2.44. The smallest absolute Gasteiger partial charge is 0.131 e. The Bertz CT molecular complexity index is 318. The van der Waals surface area contributed by atoms with Crippen LogP contribution in [0.25, 0.3) is 0 Å². The molecule has 0 N–H and O–H groups in total. The molecule has 0 aromatic carbocycles. The summed E-state index contributed by atoms with van der Waals surface area (Å²) in [6.45, 7) is 6.81. The van der Waals surface area contributed by atoms with Gasteiger partial charge in [-0.1, -0.05) is 38.9 Å². The van der Waals surface area contributed by atoms with Gasteiger partial charge in [-0.15, -0.1) is 0 Å². The molecule has 0 aliphatic rings. The van der Waals surface area contributed by atoms with Crippen LogP contribution in [0, 0.1) is 0 Å². The number of furan rings is 1. The van der Waals surface area contributed by atoms with Crippen LogP contribution in [0.1, 0.15) is 32.8 Å². The Labute approximate surface area is 99.1 Å². The molecule has 1 heterocycles. The van der Waals surface area contributed by atoms with Crippen LogP contribution in [-0.4, -0.2) is 14.4 Å². The van der Waals surface area contributed by atoms with Gasteiger partial charge in [-0.3, -0.25) is 0 Å². The fraction of sp³-hybridized carbons (Fsp3) is 0.615. The van der Waals surface area contributed by atoms with E-state index in [1.807, 2.05) is 6.26 Å². The number of hydrogen-bond acceptors (Lipinski definition) is 2. The molecule has 0 spiro atoms. The van der Waals surface area contributed by atoms with E-state index in [2.05, 4.69) is 26.8 Å². The maximum atomic E-state index is 10.3. The molecular formula is C13H22O2Si. The number of aryl methyl sites for hydroxylation is 1. The molecule has 1 aromatic heterocycles. The zero-order valence-electron chi connectivity index (χ0n) is 10.6. The minimum atomic E-state index is -1.37. The summed E-state index contributed by atoms with van der Waals surface area (Å²) in [4.78, 5) is 10.3. The van der Waals surface area contributed by atoms with Gasteiger partial charge in [0.1, 0.15) is 14.4 Å². The zero-order valence-corrected chi connectivity index (χ0v) is 11.6. The summed E-state index contributed by atoms with van der Waals surface area (Å²) in [5, 5.41) is 1.22. The highest BCUT2D eigenvalue weighted by atomic mass is 28.3. The average Bonchev–Trinajstić information content (AvgIpc) is 2.79. The van der Waals surface area contributed by atoms with Crippen LogP contribution in [0.4, 0.5) is 0 Å². The van der Waals surface area contributed by atoms with Crippen molar-refractivity contribution in [3.8, 4) is 0 Å². The Morgan fingerprint density at radius 3 is 2.38 bits per heavy atom. The van der Waals surface area contributed by atoms with Gasteiger partial charge >= 0.3 is 0 Å². The molecule has 2 nitrogen and oxygen atoms in total. The molecule has 0 amide bonds. The number of aldehydes is 1. The van der Waals surface area contributed by atoms with Gasteiger partial charge in [0.25, 0.3) is 0 Å². The monoisotopic (exact) mass is 238 g/mol. The van der Waals surface area contributed by atoms with Crippen LogP contribution in [0.2, 0.25) is 18.1 Å². The molecule has 0 unspecified atom stereocenters. The van der Waals surface area contributed by atoms with Gasteiger partial charge in [-0.2, -0.15) is 0 Å². The summed E-state index contributed by atoms with van der Waals surface area (Å²) in [6.07, 6.45) is 4.21. The van der Waals surface area contributed by atoms with E-state index in [-0.39, 0.29) is 0 Å². The zero-order chi connectivity index (χ0) is 12.0. The molecular weight excluding hydrogens is 216 g/mol. The maximum absolute atomic E-state index is 10.3. The first kappa shape index (κ1) is 13.2. The van der Waals surface area contributed by atoms with Crippen LogP contribution in [-0.2, 0) is 11.2 Å². The predicted octanol–water partition coefficient (Wildman–Crippen LogP) is 3.13. The summed E-state index contributed by atoms with van der Waals surface area (Å²) in [5.41, 5.74) is 1.18. The van der Waals surface area contributed by atoms with Crippen molar-refractivity contribution in [2.75, 3.05) is 0 Å². The maximum Gasteiger partial charge on any atom is 0.131 e. The topological polar surface area (TPSA) is 30.2 Å². The largest absolute Gasteiger partial charge is 0.474 e. The van der Waals surface area contributed by atoms with Gasteiger partial charge in [-0.05, 0) is 18.1 Å². The summed E-state index contributed by atoms with van der Waals surface area (Å²) in [6, 6.07) is 5.90. The Morgan fingerprint density at radius 1 is 1.25 bits per heavy atom. The molecule has 0 radical (unpaired) electrons. The van der Waals surface area contributed by atoms with Gasteiger partial charge < -0.3 is 9.21 Å². The molecule has 0 saturated heterocycles. The minimum absolute atomic E-state index is 0.595. The highest BCUT2D eigenvalue weighted by molar-refractivity contribution is 6.90. The van der Waals surface area contributed by atoms with E-state index in [0.29, 0.717) is 6.42 Å². The molecule has 1 aromatic rings. The van der Waals surface area contributed by atoms with Crippen molar-refractivity contribution in [2.24, 2.45) is 0 Å². The Morgan fingerprint density at radius 2 is 1.88 bits per heavy atom. The van der Waals surface area contributed by atoms with E-state index in [0.717, 1.165) is 12.7 Å². The third-order valence-corrected chi connectivity index (χ3v) is 9.13. The van der Waals surface area contributed by atoms with Crippen LogP contribution in [0.3, 0.4) is 0 Å².